The SMILES string of the molecule is Cc1nn(C)c(C)c1NC(=O)COC(=O)c1ccc(Cl)cc1Cl. The number of esters is 1. The van der Waals surface area contributed by atoms with E-state index in [9.17, 15) is 9.59 Å². The van der Waals surface area contributed by atoms with E-state index in [-0.39, 0.29) is 10.6 Å². The second-order valence-electron chi connectivity index (χ2n) is 4.92. The normalized spacial score (nSPS) is 10.5. The maximum absolute atomic E-state index is 11.9. The highest BCUT2D eigenvalue weighted by molar-refractivity contribution is 6.36. The summed E-state index contributed by atoms with van der Waals surface area (Å²) < 4.78 is 6.62. The fourth-order valence-electron chi connectivity index (χ4n) is 1.99. The molecule has 6 nitrogen and oxygen atoms in total. The van der Waals surface area contributed by atoms with Gasteiger partial charge in [-0.25, -0.2) is 4.79 Å². The van der Waals surface area contributed by atoms with E-state index in [4.69, 9.17) is 27.9 Å². The molecule has 1 N–H and O–H groups in total. The number of aromatic nitrogens is 2. The number of hydrogen-bond donors (Lipinski definition) is 1. The lowest BCUT2D eigenvalue weighted by molar-refractivity contribution is -0.119. The molecule has 0 bridgehead atoms. The molecular weight excluding hydrogens is 341 g/mol. The van der Waals surface area contributed by atoms with Crippen LogP contribution in [0.1, 0.15) is 21.7 Å². The maximum atomic E-state index is 11.9. The Balaban J connectivity index is 1.97. The van der Waals surface area contributed by atoms with Crippen molar-refractivity contribution in [3.05, 3.63) is 45.2 Å². The van der Waals surface area contributed by atoms with Crippen LogP contribution in [0.5, 0.6) is 0 Å². The second-order valence-corrected chi connectivity index (χ2v) is 5.76. The summed E-state index contributed by atoms with van der Waals surface area (Å²) in [5.74, 6) is -1.15. The number of ether oxygens (including phenoxy) is 1. The summed E-state index contributed by atoms with van der Waals surface area (Å²) in [7, 11) is 1.78. The summed E-state index contributed by atoms with van der Waals surface area (Å²) in [5.41, 5.74) is 2.25. The molecule has 0 saturated carbocycles. The van der Waals surface area contributed by atoms with Gasteiger partial charge in [0.05, 0.1) is 27.7 Å². The minimum absolute atomic E-state index is 0.151. The Labute approximate surface area is 143 Å². The summed E-state index contributed by atoms with van der Waals surface area (Å²) in [4.78, 5) is 23.8. The van der Waals surface area contributed by atoms with Crippen LogP contribution in [0.15, 0.2) is 18.2 Å². The predicted molar refractivity (Wildman–Crippen MR) is 88.1 cm³/mol. The van der Waals surface area contributed by atoms with E-state index in [2.05, 4.69) is 10.4 Å². The number of carbonyl (C=O) groups excluding carboxylic acids is 2. The molecule has 0 saturated heterocycles. The third kappa shape index (κ3) is 4.03. The zero-order chi connectivity index (χ0) is 17.1. The molecule has 8 heteroatoms. The minimum Gasteiger partial charge on any atom is -0.452 e. The fraction of sp³-hybridized carbons (Fsp3) is 0.267. The number of nitrogens with zero attached hydrogens (tertiary/aromatic N) is 2. The van der Waals surface area contributed by atoms with E-state index in [1.165, 1.54) is 18.2 Å². The average Bonchev–Trinajstić information content (AvgIpc) is 2.71. The van der Waals surface area contributed by atoms with Crippen LogP contribution in [-0.2, 0) is 16.6 Å². The maximum Gasteiger partial charge on any atom is 0.340 e. The van der Waals surface area contributed by atoms with E-state index < -0.39 is 18.5 Å². The van der Waals surface area contributed by atoms with Crippen molar-refractivity contribution in [2.24, 2.45) is 7.05 Å². The van der Waals surface area contributed by atoms with Gasteiger partial charge in [-0.15, -0.1) is 0 Å². The topological polar surface area (TPSA) is 73.2 Å². The summed E-state index contributed by atoms with van der Waals surface area (Å²) in [6.45, 7) is 3.18. The lowest BCUT2D eigenvalue weighted by Gasteiger charge is -2.08. The van der Waals surface area contributed by atoms with Crippen molar-refractivity contribution < 1.29 is 14.3 Å². The number of rotatable bonds is 4. The van der Waals surface area contributed by atoms with Gasteiger partial charge in [0.15, 0.2) is 6.61 Å². The zero-order valence-electron chi connectivity index (χ0n) is 12.8. The molecule has 0 aliphatic heterocycles. The zero-order valence-corrected chi connectivity index (χ0v) is 14.3. The Bertz CT molecular complexity index is 772. The number of carbonyl (C=O) groups is 2. The Kier molecular flexibility index (Phi) is 5.28. The second kappa shape index (κ2) is 7.02. The molecule has 122 valence electrons. The van der Waals surface area contributed by atoms with Gasteiger partial charge in [0.25, 0.3) is 5.91 Å². The van der Waals surface area contributed by atoms with Gasteiger partial charge in [0, 0.05) is 12.1 Å². The number of nitrogens with one attached hydrogen (secondary N) is 1. The summed E-state index contributed by atoms with van der Waals surface area (Å²) in [5, 5.41) is 7.44. The number of anilines is 1. The van der Waals surface area contributed by atoms with E-state index in [0.29, 0.717) is 16.4 Å². The lowest BCUT2D eigenvalue weighted by Crippen LogP contribution is -2.21. The van der Waals surface area contributed by atoms with E-state index in [0.717, 1.165) is 5.69 Å². The van der Waals surface area contributed by atoms with Crippen LogP contribution < -0.4 is 5.32 Å². The molecule has 0 spiro atoms. The molecule has 0 fully saturated rings. The molecule has 0 atom stereocenters. The molecule has 0 aliphatic carbocycles. The van der Waals surface area contributed by atoms with Crippen LogP contribution >= 0.6 is 23.2 Å². The molecule has 1 heterocycles. The molecule has 1 aromatic carbocycles. The summed E-state index contributed by atoms with van der Waals surface area (Å²) in [6, 6.07) is 4.40. The quantitative estimate of drug-likeness (QED) is 0.855. The van der Waals surface area contributed by atoms with Gasteiger partial charge < -0.3 is 10.1 Å². The van der Waals surface area contributed by atoms with Crippen LogP contribution in [0, 0.1) is 13.8 Å². The van der Waals surface area contributed by atoms with Crippen LogP contribution in [0.25, 0.3) is 0 Å². The first kappa shape index (κ1) is 17.3. The van der Waals surface area contributed by atoms with Crippen molar-refractivity contribution in [1.82, 2.24) is 9.78 Å². The monoisotopic (exact) mass is 355 g/mol. The minimum atomic E-state index is -0.693. The van der Waals surface area contributed by atoms with Crippen LogP contribution in [0.2, 0.25) is 10.0 Å². The molecule has 0 unspecified atom stereocenters. The van der Waals surface area contributed by atoms with Crippen molar-refractivity contribution >= 4 is 40.8 Å². The summed E-state index contributed by atoms with van der Waals surface area (Å²) in [6.07, 6.45) is 0. The smallest absolute Gasteiger partial charge is 0.340 e. The average molecular weight is 356 g/mol. The third-order valence-electron chi connectivity index (χ3n) is 3.26. The molecule has 2 rings (SSSR count). The number of halogens is 2. The number of benzene rings is 1. The first-order valence-corrected chi connectivity index (χ1v) is 7.47. The van der Waals surface area contributed by atoms with Crippen LogP contribution in [0.3, 0.4) is 0 Å². The Hall–Kier alpha value is -2.05. The van der Waals surface area contributed by atoms with Gasteiger partial charge in [-0.1, -0.05) is 23.2 Å². The van der Waals surface area contributed by atoms with E-state index in [1.54, 1.807) is 18.7 Å². The highest BCUT2D eigenvalue weighted by atomic mass is 35.5. The Morgan fingerprint density at radius 2 is 2.00 bits per heavy atom. The van der Waals surface area contributed by atoms with Crippen LogP contribution in [-0.4, -0.2) is 28.3 Å². The third-order valence-corrected chi connectivity index (χ3v) is 3.81. The van der Waals surface area contributed by atoms with Gasteiger partial charge >= 0.3 is 5.97 Å². The van der Waals surface area contributed by atoms with Crippen molar-refractivity contribution in [2.75, 3.05) is 11.9 Å². The Morgan fingerprint density at radius 1 is 1.30 bits per heavy atom. The molecule has 23 heavy (non-hydrogen) atoms. The molecule has 0 radical (unpaired) electrons. The number of amides is 1. The van der Waals surface area contributed by atoms with Gasteiger partial charge in [-0.05, 0) is 32.0 Å². The highest BCUT2D eigenvalue weighted by Crippen LogP contribution is 2.22. The molecule has 0 aliphatic rings. The van der Waals surface area contributed by atoms with Crippen LogP contribution in [0.4, 0.5) is 5.69 Å². The first-order chi connectivity index (χ1) is 10.8. The Morgan fingerprint density at radius 3 is 2.57 bits per heavy atom. The largest absolute Gasteiger partial charge is 0.452 e. The van der Waals surface area contributed by atoms with Gasteiger partial charge in [0.1, 0.15) is 0 Å². The fourth-order valence-corrected chi connectivity index (χ4v) is 2.48. The van der Waals surface area contributed by atoms with Crippen molar-refractivity contribution in [3.8, 4) is 0 Å². The van der Waals surface area contributed by atoms with E-state index in [1.807, 2.05) is 6.92 Å². The first-order valence-electron chi connectivity index (χ1n) is 6.72. The molecule has 2 aromatic rings. The molecule has 1 aromatic heterocycles. The number of hydrogen-bond acceptors (Lipinski definition) is 4. The van der Waals surface area contributed by atoms with Crippen molar-refractivity contribution in [2.45, 2.75) is 13.8 Å². The van der Waals surface area contributed by atoms with Gasteiger partial charge in [-0.3, -0.25) is 9.48 Å². The van der Waals surface area contributed by atoms with Crippen molar-refractivity contribution in [1.29, 1.82) is 0 Å². The molecule has 1 amide bonds. The van der Waals surface area contributed by atoms with E-state index >= 15 is 0 Å². The van der Waals surface area contributed by atoms with Crippen molar-refractivity contribution in [3.63, 3.8) is 0 Å². The number of aryl methyl sites for hydroxylation is 2. The predicted octanol–water partition coefficient (Wildman–Crippen LogP) is 3.14. The lowest BCUT2D eigenvalue weighted by atomic mass is 10.2. The molecular formula is C15H15Cl2N3O3. The highest BCUT2D eigenvalue weighted by Gasteiger charge is 2.16. The standard InChI is InChI=1S/C15H15Cl2N3O3/c1-8-14(9(2)20(3)19-8)18-13(21)7-23-15(22)11-5-4-10(16)6-12(11)17/h4-6H,7H2,1-3H3,(H,18,21). The van der Waals surface area contributed by atoms with Gasteiger partial charge in [-0.2, -0.15) is 5.10 Å². The van der Waals surface area contributed by atoms with Gasteiger partial charge in [0.2, 0.25) is 0 Å². The summed E-state index contributed by atoms with van der Waals surface area (Å²) >= 11 is 11.7.